The summed E-state index contributed by atoms with van der Waals surface area (Å²) in [5.41, 5.74) is 3.93. The van der Waals surface area contributed by atoms with E-state index in [-0.39, 0.29) is 17.2 Å². The Morgan fingerprint density at radius 2 is 1.82 bits per heavy atom. The highest BCUT2D eigenvalue weighted by atomic mass is 79.9. The van der Waals surface area contributed by atoms with Crippen LogP contribution in [0.2, 0.25) is 0 Å². The Kier molecular flexibility index (Phi) is 6.17. The minimum atomic E-state index is -0.435. The smallest absolute Gasteiger partial charge is 0.310 e. The lowest BCUT2D eigenvalue weighted by Gasteiger charge is -2.21. The number of nitrogens with zero attached hydrogens (tertiary/aromatic N) is 2. The molecule has 8 heteroatoms. The first-order valence-corrected chi connectivity index (χ1v) is 12.8. The van der Waals surface area contributed by atoms with Crippen molar-refractivity contribution in [1.82, 2.24) is 9.99 Å². The Bertz CT molecular complexity index is 1730. The van der Waals surface area contributed by atoms with Crippen LogP contribution in [-0.2, 0) is 0 Å². The summed E-state index contributed by atoms with van der Waals surface area (Å²) in [6.07, 6.45) is 1.80. The van der Waals surface area contributed by atoms with Crippen LogP contribution in [0.25, 0.3) is 22.0 Å². The number of H-pyrrole nitrogens is 1. The number of aromatic amines is 1. The molecule has 1 atom stereocenters. The molecule has 0 unspecified atom stereocenters. The van der Waals surface area contributed by atoms with Crippen molar-refractivity contribution in [2.75, 3.05) is 7.11 Å². The Balaban J connectivity index is 1.56. The van der Waals surface area contributed by atoms with Crippen molar-refractivity contribution in [3.8, 4) is 16.9 Å². The van der Waals surface area contributed by atoms with E-state index < -0.39 is 6.04 Å². The number of rotatable bonds is 5. The maximum atomic E-state index is 13.6. The lowest BCUT2D eigenvalue weighted by molar-refractivity contribution is 0.0678. The molecule has 0 fully saturated rings. The topological polar surface area (TPSA) is 87.9 Å². The van der Waals surface area contributed by atoms with Crippen LogP contribution in [0.3, 0.4) is 0 Å². The van der Waals surface area contributed by atoms with E-state index in [2.05, 4.69) is 20.9 Å². The number of fused-ring (bicyclic) bond motifs is 1. The summed E-state index contributed by atoms with van der Waals surface area (Å²) in [5, 5.41) is 7.06. The molecule has 0 aliphatic carbocycles. The summed E-state index contributed by atoms with van der Waals surface area (Å²) in [7, 11) is 1.61. The second kappa shape index (κ2) is 9.79. The minimum Gasteiger partial charge on any atom is -0.497 e. The third-order valence-electron chi connectivity index (χ3n) is 6.68. The van der Waals surface area contributed by atoms with Gasteiger partial charge in [0.25, 0.3) is 5.56 Å². The van der Waals surface area contributed by atoms with Crippen LogP contribution in [0.15, 0.2) is 110 Å². The number of aromatic nitrogens is 1. The number of methoxy groups -OCH3 is 1. The maximum Gasteiger partial charge on any atom is 0.310 e. The molecular formula is C30H22BrN3O4. The molecule has 2 aromatic heterocycles. The van der Waals surface area contributed by atoms with Crippen molar-refractivity contribution in [2.24, 2.45) is 5.10 Å². The zero-order valence-electron chi connectivity index (χ0n) is 20.4. The Morgan fingerprint density at radius 3 is 2.53 bits per heavy atom. The molecule has 1 amide bonds. The third kappa shape index (κ3) is 4.22. The standard InChI is InChI=1S/C30H22BrN3O4/c1-37-21-12-9-18(10-13-21)25-17-24(33-34(25)30(36)26-8-5-15-38-26)28-27(19-6-3-2-4-7-19)22-16-20(31)11-14-23(22)32-29(28)35/h2-16,25H,17H2,1H3,(H,32,35)/t25-/m1/s1. The molecule has 3 heterocycles. The van der Waals surface area contributed by atoms with E-state index in [1.165, 1.54) is 11.3 Å². The Labute approximate surface area is 226 Å². The molecule has 0 radical (unpaired) electrons. The van der Waals surface area contributed by atoms with Gasteiger partial charge in [-0.25, -0.2) is 5.01 Å². The lowest BCUT2D eigenvalue weighted by atomic mass is 9.91. The van der Waals surface area contributed by atoms with Gasteiger partial charge in [0, 0.05) is 27.4 Å². The zero-order chi connectivity index (χ0) is 26.2. The SMILES string of the molecule is COc1ccc([C@H]2CC(c3c(-c4ccccc4)c4cc(Br)ccc4[nH]c3=O)=NN2C(=O)c2ccco2)cc1. The molecular weight excluding hydrogens is 546 g/mol. The van der Waals surface area contributed by atoms with Crippen molar-refractivity contribution in [1.29, 1.82) is 0 Å². The van der Waals surface area contributed by atoms with Crippen LogP contribution in [0.1, 0.15) is 34.1 Å². The Hall–Kier alpha value is -4.43. The lowest BCUT2D eigenvalue weighted by Crippen LogP contribution is -2.26. The molecule has 6 rings (SSSR count). The maximum absolute atomic E-state index is 13.6. The van der Waals surface area contributed by atoms with Crippen LogP contribution in [0.4, 0.5) is 0 Å². The van der Waals surface area contributed by atoms with E-state index in [9.17, 15) is 9.59 Å². The fourth-order valence-electron chi connectivity index (χ4n) is 4.89. The number of furan rings is 1. The quantitative estimate of drug-likeness (QED) is 0.261. The average molecular weight is 568 g/mol. The zero-order valence-corrected chi connectivity index (χ0v) is 21.9. The van der Waals surface area contributed by atoms with Gasteiger partial charge >= 0.3 is 5.91 Å². The molecule has 188 valence electrons. The van der Waals surface area contributed by atoms with Gasteiger partial charge in [0.2, 0.25) is 0 Å². The van der Waals surface area contributed by atoms with Gasteiger partial charge < -0.3 is 14.1 Å². The van der Waals surface area contributed by atoms with Crippen LogP contribution in [0.5, 0.6) is 5.75 Å². The largest absolute Gasteiger partial charge is 0.497 e. The van der Waals surface area contributed by atoms with Gasteiger partial charge in [-0.15, -0.1) is 0 Å². The van der Waals surface area contributed by atoms with Gasteiger partial charge in [-0.2, -0.15) is 5.10 Å². The normalized spacial score (nSPS) is 15.1. The molecule has 3 aromatic carbocycles. The summed E-state index contributed by atoms with van der Waals surface area (Å²) >= 11 is 3.57. The number of halogens is 1. The predicted molar refractivity (Wildman–Crippen MR) is 149 cm³/mol. The highest BCUT2D eigenvalue weighted by Gasteiger charge is 2.36. The van der Waals surface area contributed by atoms with Crippen molar-refractivity contribution in [2.45, 2.75) is 12.5 Å². The number of hydrazone groups is 1. The number of hydrogen-bond acceptors (Lipinski definition) is 5. The number of amides is 1. The summed E-state index contributed by atoms with van der Waals surface area (Å²) < 4.78 is 11.6. The molecule has 7 nitrogen and oxygen atoms in total. The number of hydrogen-bond donors (Lipinski definition) is 1. The van der Waals surface area contributed by atoms with E-state index in [0.29, 0.717) is 23.4 Å². The summed E-state index contributed by atoms with van der Waals surface area (Å²) in [6, 6.07) is 25.9. The first kappa shape index (κ1) is 23.9. The van der Waals surface area contributed by atoms with Gasteiger partial charge in [0.05, 0.1) is 30.7 Å². The second-order valence-electron chi connectivity index (χ2n) is 8.93. The number of benzene rings is 3. The van der Waals surface area contributed by atoms with Crippen LogP contribution >= 0.6 is 15.9 Å². The highest BCUT2D eigenvalue weighted by Crippen LogP contribution is 2.38. The van der Waals surface area contributed by atoms with Gasteiger partial charge in [-0.1, -0.05) is 58.4 Å². The molecule has 0 saturated carbocycles. The van der Waals surface area contributed by atoms with Crippen molar-refractivity contribution in [3.05, 3.63) is 123 Å². The summed E-state index contributed by atoms with van der Waals surface area (Å²) in [4.78, 5) is 30.2. The minimum absolute atomic E-state index is 0.174. The fourth-order valence-corrected chi connectivity index (χ4v) is 5.25. The molecule has 0 saturated heterocycles. The van der Waals surface area contributed by atoms with Gasteiger partial charge in [0.1, 0.15) is 5.75 Å². The molecule has 1 N–H and O–H groups in total. The third-order valence-corrected chi connectivity index (χ3v) is 7.17. The summed E-state index contributed by atoms with van der Waals surface area (Å²) in [5.74, 6) is 0.500. The van der Waals surface area contributed by atoms with Gasteiger partial charge in [-0.05, 0) is 53.6 Å². The number of ether oxygens (including phenoxy) is 1. The molecule has 1 aliphatic heterocycles. The molecule has 38 heavy (non-hydrogen) atoms. The van der Waals surface area contributed by atoms with Crippen molar-refractivity contribution < 1.29 is 13.9 Å². The predicted octanol–water partition coefficient (Wildman–Crippen LogP) is 6.55. The number of nitrogens with one attached hydrogen (secondary N) is 1. The van der Waals surface area contributed by atoms with Gasteiger partial charge in [-0.3, -0.25) is 9.59 Å². The first-order chi connectivity index (χ1) is 18.5. The van der Waals surface area contributed by atoms with E-state index in [1.54, 1.807) is 19.2 Å². The number of pyridine rings is 1. The van der Waals surface area contributed by atoms with Gasteiger partial charge in [0.15, 0.2) is 5.76 Å². The van der Waals surface area contributed by atoms with Crippen LogP contribution in [0, 0.1) is 0 Å². The number of carbonyl (C=O) groups is 1. The van der Waals surface area contributed by atoms with E-state index in [0.717, 1.165) is 32.1 Å². The summed E-state index contributed by atoms with van der Waals surface area (Å²) in [6.45, 7) is 0. The average Bonchev–Trinajstić information content (AvgIpc) is 3.64. The van der Waals surface area contributed by atoms with Crippen molar-refractivity contribution >= 4 is 38.5 Å². The highest BCUT2D eigenvalue weighted by molar-refractivity contribution is 9.10. The molecule has 1 aliphatic rings. The molecule has 5 aromatic rings. The van der Waals surface area contributed by atoms with E-state index >= 15 is 0 Å². The number of carbonyl (C=O) groups excluding carboxylic acids is 1. The fraction of sp³-hybridized carbons (Fsp3) is 0.100. The van der Waals surface area contributed by atoms with Crippen molar-refractivity contribution in [3.63, 3.8) is 0 Å². The monoisotopic (exact) mass is 567 g/mol. The Morgan fingerprint density at radius 1 is 1.03 bits per heavy atom. The van der Waals surface area contributed by atoms with E-state index in [1.807, 2.05) is 72.8 Å². The molecule has 0 bridgehead atoms. The second-order valence-corrected chi connectivity index (χ2v) is 9.84. The van der Waals surface area contributed by atoms with Crippen LogP contribution < -0.4 is 10.3 Å². The van der Waals surface area contributed by atoms with Crippen LogP contribution in [-0.4, -0.2) is 28.7 Å². The first-order valence-electron chi connectivity index (χ1n) is 12.0. The molecule has 0 spiro atoms. The van der Waals surface area contributed by atoms with E-state index in [4.69, 9.17) is 14.3 Å².